The van der Waals surface area contributed by atoms with Crippen LogP contribution in [0.3, 0.4) is 0 Å². The molecule has 18 heavy (non-hydrogen) atoms. The Morgan fingerprint density at radius 1 is 1.44 bits per heavy atom. The first-order chi connectivity index (χ1) is 8.50. The summed E-state index contributed by atoms with van der Waals surface area (Å²) in [5.74, 6) is -2.18. The molecule has 5 heteroatoms. The van der Waals surface area contributed by atoms with Crippen LogP contribution in [0, 0.1) is 11.6 Å². The first-order valence-corrected chi connectivity index (χ1v) is 5.46. The molecule has 1 amide bonds. The number of hydrogen-bond donors (Lipinski definition) is 1. The van der Waals surface area contributed by atoms with E-state index in [1.165, 1.54) is 0 Å². The largest absolute Gasteiger partial charge is 0.375 e. The molecule has 0 spiro atoms. The predicted molar refractivity (Wildman–Crippen MR) is 64.3 cm³/mol. The van der Waals surface area contributed by atoms with Crippen molar-refractivity contribution in [3.05, 3.63) is 47.5 Å². The van der Waals surface area contributed by atoms with Gasteiger partial charge in [0, 0.05) is 12.6 Å². The molecule has 0 unspecified atom stereocenters. The number of nitrogens with one attached hydrogen (secondary N) is 1. The van der Waals surface area contributed by atoms with Crippen LogP contribution >= 0.6 is 0 Å². The normalized spacial score (nSPS) is 10.2. The van der Waals surface area contributed by atoms with Crippen LogP contribution in [0.1, 0.15) is 17.3 Å². The van der Waals surface area contributed by atoms with Gasteiger partial charge in [0.25, 0.3) is 5.91 Å². The molecule has 0 aromatic heterocycles. The van der Waals surface area contributed by atoms with E-state index in [9.17, 15) is 13.6 Å². The van der Waals surface area contributed by atoms with Gasteiger partial charge in [-0.15, -0.1) is 0 Å². The van der Waals surface area contributed by atoms with E-state index >= 15 is 0 Å². The van der Waals surface area contributed by atoms with E-state index in [-0.39, 0.29) is 12.1 Å². The molecule has 1 N–H and O–H groups in total. The molecule has 0 heterocycles. The van der Waals surface area contributed by atoms with Crippen LogP contribution in [0.4, 0.5) is 8.78 Å². The van der Waals surface area contributed by atoms with E-state index in [0.29, 0.717) is 19.3 Å². The third-order valence-electron chi connectivity index (χ3n) is 2.06. The van der Waals surface area contributed by atoms with Crippen molar-refractivity contribution in [2.45, 2.75) is 6.92 Å². The summed E-state index contributed by atoms with van der Waals surface area (Å²) in [6.45, 7) is 6.46. The molecule has 1 aromatic carbocycles. The molecule has 0 radical (unpaired) electrons. The Balaban J connectivity index is 2.39. The third-order valence-corrected chi connectivity index (χ3v) is 2.06. The summed E-state index contributed by atoms with van der Waals surface area (Å²) >= 11 is 0. The molecule has 0 bridgehead atoms. The van der Waals surface area contributed by atoms with Gasteiger partial charge in [-0.3, -0.25) is 4.79 Å². The average molecular weight is 255 g/mol. The number of rotatable bonds is 6. The van der Waals surface area contributed by atoms with Gasteiger partial charge in [0.1, 0.15) is 11.6 Å². The van der Waals surface area contributed by atoms with Gasteiger partial charge in [-0.2, -0.15) is 0 Å². The quantitative estimate of drug-likeness (QED) is 0.625. The summed E-state index contributed by atoms with van der Waals surface area (Å²) in [6, 6.07) is 2.82. The topological polar surface area (TPSA) is 38.3 Å². The van der Waals surface area contributed by atoms with E-state index in [1.54, 1.807) is 0 Å². The maximum absolute atomic E-state index is 13.2. The molecule has 0 aliphatic rings. The standard InChI is InChI=1S/C13H15F2NO2/c1-9(2)8-18-6-5-16-13(17)11-4-3-10(14)7-12(11)15/h3-4,7H,1,5-6,8H2,2H3,(H,16,17). The smallest absolute Gasteiger partial charge is 0.254 e. The van der Waals surface area contributed by atoms with Crippen molar-refractivity contribution in [3.63, 3.8) is 0 Å². The minimum Gasteiger partial charge on any atom is -0.375 e. The van der Waals surface area contributed by atoms with Crippen LogP contribution in [0.5, 0.6) is 0 Å². The summed E-state index contributed by atoms with van der Waals surface area (Å²) in [5.41, 5.74) is 0.696. The zero-order chi connectivity index (χ0) is 13.5. The molecule has 98 valence electrons. The highest BCUT2D eigenvalue weighted by atomic mass is 19.1. The van der Waals surface area contributed by atoms with Gasteiger partial charge in [0.2, 0.25) is 0 Å². The van der Waals surface area contributed by atoms with Crippen molar-refractivity contribution in [1.82, 2.24) is 5.32 Å². The van der Waals surface area contributed by atoms with Gasteiger partial charge >= 0.3 is 0 Å². The molecule has 1 aromatic rings. The third kappa shape index (κ3) is 4.63. The number of carbonyl (C=O) groups is 1. The van der Waals surface area contributed by atoms with Crippen LogP contribution in [-0.4, -0.2) is 25.7 Å². The Labute approximate surface area is 104 Å². The zero-order valence-corrected chi connectivity index (χ0v) is 10.1. The zero-order valence-electron chi connectivity index (χ0n) is 10.1. The maximum Gasteiger partial charge on any atom is 0.254 e. The Bertz CT molecular complexity index is 447. The van der Waals surface area contributed by atoms with Crippen molar-refractivity contribution in [2.75, 3.05) is 19.8 Å². The highest BCUT2D eigenvalue weighted by molar-refractivity contribution is 5.94. The van der Waals surface area contributed by atoms with E-state index in [1.807, 2.05) is 6.92 Å². The van der Waals surface area contributed by atoms with Crippen molar-refractivity contribution >= 4 is 5.91 Å². The fourth-order valence-electron chi connectivity index (χ4n) is 1.25. The highest BCUT2D eigenvalue weighted by Crippen LogP contribution is 2.08. The Morgan fingerprint density at radius 3 is 2.78 bits per heavy atom. The number of ether oxygens (including phenoxy) is 1. The van der Waals surface area contributed by atoms with Gasteiger partial charge in [-0.1, -0.05) is 12.2 Å². The van der Waals surface area contributed by atoms with Crippen LogP contribution in [-0.2, 0) is 4.74 Å². The van der Waals surface area contributed by atoms with E-state index < -0.39 is 17.5 Å². The minimum atomic E-state index is -0.879. The maximum atomic E-state index is 13.2. The first-order valence-electron chi connectivity index (χ1n) is 5.46. The van der Waals surface area contributed by atoms with E-state index in [2.05, 4.69) is 11.9 Å². The average Bonchev–Trinajstić information content (AvgIpc) is 2.27. The number of amides is 1. The second-order valence-corrected chi connectivity index (χ2v) is 3.89. The van der Waals surface area contributed by atoms with Crippen molar-refractivity contribution in [2.24, 2.45) is 0 Å². The molecule has 0 saturated heterocycles. The molecule has 0 fully saturated rings. The lowest BCUT2D eigenvalue weighted by atomic mass is 10.2. The van der Waals surface area contributed by atoms with Crippen molar-refractivity contribution < 1.29 is 18.3 Å². The summed E-state index contributed by atoms with van der Waals surface area (Å²) in [6.07, 6.45) is 0. The molecule has 1 rings (SSSR count). The summed E-state index contributed by atoms with van der Waals surface area (Å²) < 4.78 is 31.0. The van der Waals surface area contributed by atoms with Crippen molar-refractivity contribution in [1.29, 1.82) is 0 Å². The van der Waals surface area contributed by atoms with Crippen LogP contribution in [0.25, 0.3) is 0 Å². The van der Waals surface area contributed by atoms with Gasteiger partial charge in [-0.25, -0.2) is 8.78 Å². The predicted octanol–water partition coefficient (Wildman–Crippen LogP) is 2.29. The van der Waals surface area contributed by atoms with Gasteiger partial charge in [-0.05, 0) is 19.1 Å². The number of benzene rings is 1. The fraction of sp³-hybridized carbons (Fsp3) is 0.308. The molecule has 3 nitrogen and oxygen atoms in total. The molecule has 0 atom stereocenters. The lowest BCUT2D eigenvalue weighted by Gasteiger charge is -2.07. The number of halogens is 2. The number of hydrogen-bond acceptors (Lipinski definition) is 2. The van der Waals surface area contributed by atoms with Crippen LogP contribution in [0.15, 0.2) is 30.4 Å². The van der Waals surface area contributed by atoms with Gasteiger partial charge < -0.3 is 10.1 Å². The molecule has 0 saturated carbocycles. The van der Waals surface area contributed by atoms with E-state index in [4.69, 9.17) is 4.74 Å². The molecule has 0 aliphatic heterocycles. The molecular formula is C13H15F2NO2. The second-order valence-electron chi connectivity index (χ2n) is 3.89. The van der Waals surface area contributed by atoms with E-state index in [0.717, 1.165) is 17.7 Å². The van der Waals surface area contributed by atoms with Crippen LogP contribution in [0.2, 0.25) is 0 Å². The lowest BCUT2D eigenvalue weighted by Crippen LogP contribution is -2.28. The van der Waals surface area contributed by atoms with Gasteiger partial charge in [0.15, 0.2) is 0 Å². The summed E-state index contributed by atoms with van der Waals surface area (Å²) in [4.78, 5) is 11.5. The van der Waals surface area contributed by atoms with Gasteiger partial charge in [0.05, 0.1) is 18.8 Å². The Morgan fingerprint density at radius 2 is 2.17 bits per heavy atom. The number of carbonyl (C=O) groups excluding carboxylic acids is 1. The summed E-state index contributed by atoms with van der Waals surface area (Å²) in [7, 11) is 0. The Hall–Kier alpha value is -1.75. The monoisotopic (exact) mass is 255 g/mol. The highest BCUT2D eigenvalue weighted by Gasteiger charge is 2.11. The van der Waals surface area contributed by atoms with Crippen LogP contribution < -0.4 is 5.32 Å². The first kappa shape index (κ1) is 14.3. The SMILES string of the molecule is C=C(C)COCCNC(=O)c1ccc(F)cc1F. The van der Waals surface area contributed by atoms with Crippen molar-refractivity contribution in [3.8, 4) is 0 Å². The minimum absolute atomic E-state index is 0.184. The Kier molecular flexibility index (Phi) is 5.45. The fourth-order valence-corrected chi connectivity index (χ4v) is 1.25. The molecule has 0 aliphatic carbocycles. The lowest BCUT2D eigenvalue weighted by molar-refractivity contribution is 0.0922. The second kappa shape index (κ2) is 6.86. The molecular weight excluding hydrogens is 240 g/mol. The summed E-state index contributed by atoms with van der Waals surface area (Å²) in [5, 5.41) is 2.48.